The zero-order valence-corrected chi connectivity index (χ0v) is 8.54. The van der Waals surface area contributed by atoms with Crippen molar-refractivity contribution >= 4 is 0 Å². The lowest BCUT2D eigenvalue weighted by Gasteiger charge is -2.16. The first kappa shape index (κ1) is 8.67. The van der Waals surface area contributed by atoms with E-state index < -0.39 is 0 Å². The molecule has 1 fully saturated rings. The third-order valence-corrected chi connectivity index (χ3v) is 2.44. The third-order valence-electron chi connectivity index (χ3n) is 2.44. The molecule has 0 atom stereocenters. The highest BCUT2D eigenvalue weighted by molar-refractivity contribution is 5.15. The van der Waals surface area contributed by atoms with Gasteiger partial charge in [-0.05, 0) is 12.8 Å². The molecule has 2 rings (SSSR count). The normalized spacial score (nSPS) is 17.5. The molecule has 1 aromatic rings. The largest absolute Gasteiger partial charge is 0.257 e. The van der Waals surface area contributed by atoms with Crippen molar-refractivity contribution in [3.05, 3.63) is 23.8 Å². The zero-order chi connectivity index (χ0) is 9.47. The van der Waals surface area contributed by atoms with Gasteiger partial charge in [0.05, 0.1) is 11.4 Å². The van der Waals surface area contributed by atoms with Crippen molar-refractivity contribution in [3.8, 4) is 0 Å². The molecule has 1 aliphatic rings. The second-order valence-electron chi connectivity index (χ2n) is 4.85. The molecule has 1 heterocycles. The Hall–Kier alpha value is -0.920. The van der Waals surface area contributed by atoms with E-state index >= 15 is 0 Å². The molecule has 70 valence electrons. The molecule has 0 saturated heterocycles. The smallest absolute Gasteiger partial charge is 0.0640 e. The van der Waals surface area contributed by atoms with Crippen LogP contribution in [0.5, 0.6) is 0 Å². The van der Waals surface area contributed by atoms with Crippen molar-refractivity contribution in [3.63, 3.8) is 0 Å². The first-order chi connectivity index (χ1) is 6.07. The summed E-state index contributed by atoms with van der Waals surface area (Å²) < 4.78 is 0. The lowest BCUT2D eigenvalue weighted by atomic mass is 9.93. The third kappa shape index (κ3) is 1.87. The molecule has 2 heteroatoms. The number of nitrogens with zero attached hydrogens (tertiary/aromatic N) is 2. The molecule has 0 aromatic carbocycles. The van der Waals surface area contributed by atoms with Crippen LogP contribution in [0.4, 0.5) is 0 Å². The SMILES string of the molecule is CC(C)(C)c1cnc(C2CC2)cn1. The van der Waals surface area contributed by atoms with Crippen LogP contribution >= 0.6 is 0 Å². The first-order valence-corrected chi connectivity index (χ1v) is 4.90. The molecule has 0 unspecified atom stereocenters. The summed E-state index contributed by atoms with van der Waals surface area (Å²) in [6.07, 6.45) is 6.46. The Balaban J connectivity index is 2.22. The van der Waals surface area contributed by atoms with Gasteiger partial charge in [-0.1, -0.05) is 20.8 Å². The minimum absolute atomic E-state index is 0.120. The van der Waals surface area contributed by atoms with Gasteiger partial charge in [-0.2, -0.15) is 0 Å². The van der Waals surface area contributed by atoms with Crippen LogP contribution in [0.2, 0.25) is 0 Å². The van der Waals surface area contributed by atoms with Crippen LogP contribution in [0, 0.1) is 0 Å². The van der Waals surface area contributed by atoms with Gasteiger partial charge in [0.25, 0.3) is 0 Å². The van der Waals surface area contributed by atoms with E-state index in [2.05, 4.69) is 30.7 Å². The van der Waals surface area contributed by atoms with E-state index in [9.17, 15) is 0 Å². The monoisotopic (exact) mass is 176 g/mol. The minimum atomic E-state index is 0.120. The molecule has 2 nitrogen and oxygen atoms in total. The predicted molar refractivity (Wildman–Crippen MR) is 52.7 cm³/mol. The summed E-state index contributed by atoms with van der Waals surface area (Å²) >= 11 is 0. The van der Waals surface area contributed by atoms with Crippen molar-refractivity contribution < 1.29 is 0 Å². The van der Waals surface area contributed by atoms with E-state index in [1.165, 1.54) is 18.5 Å². The summed E-state index contributed by atoms with van der Waals surface area (Å²) in [5, 5.41) is 0. The van der Waals surface area contributed by atoms with Gasteiger partial charge in [0.2, 0.25) is 0 Å². The van der Waals surface area contributed by atoms with Gasteiger partial charge >= 0.3 is 0 Å². The second kappa shape index (κ2) is 2.79. The number of aromatic nitrogens is 2. The molecule has 0 amide bonds. The summed E-state index contributed by atoms with van der Waals surface area (Å²) in [7, 11) is 0. The number of rotatable bonds is 1. The fraction of sp³-hybridized carbons (Fsp3) is 0.636. The summed E-state index contributed by atoms with van der Waals surface area (Å²) in [6, 6.07) is 0. The molecular weight excluding hydrogens is 160 g/mol. The Morgan fingerprint density at radius 1 is 1.15 bits per heavy atom. The van der Waals surface area contributed by atoms with Gasteiger partial charge in [0, 0.05) is 23.7 Å². The van der Waals surface area contributed by atoms with Crippen LogP contribution in [-0.4, -0.2) is 9.97 Å². The number of hydrogen-bond donors (Lipinski definition) is 0. The first-order valence-electron chi connectivity index (χ1n) is 4.90. The molecule has 13 heavy (non-hydrogen) atoms. The van der Waals surface area contributed by atoms with Gasteiger partial charge in [0.15, 0.2) is 0 Å². The zero-order valence-electron chi connectivity index (χ0n) is 8.54. The Bertz CT molecular complexity index is 291. The molecule has 0 aliphatic heterocycles. The fourth-order valence-corrected chi connectivity index (χ4v) is 1.32. The van der Waals surface area contributed by atoms with E-state index in [1.54, 1.807) is 0 Å². The van der Waals surface area contributed by atoms with E-state index in [1.807, 2.05) is 12.4 Å². The van der Waals surface area contributed by atoms with Crippen molar-refractivity contribution in [2.45, 2.75) is 44.9 Å². The molecule has 0 radical (unpaired) electrons. The molecular formula is C11H16N2. The standard InChI is InChI=1S/C11H16N2/c1-11(2,3)10-7-12-9(6-13-10)8-4-5-8/h6-8H,4-5H2,1-3H3. The van der Waals surface area contributed by atoms with Crippen molar-refractivity contribution in [1.82, 2.24) is 9.97 Å². The average molecular weight is 176 g/mol. The summed E-state index contributed by atoms with van der Waals surface area (Å²) in [6.45, 7) is 6.48. The maximum Gasteiger partial charge on any atom is 0.0640 e. The van der Waals surface area contributed by atoms with Crippen LogP contribution in [-0.2, 0) is 5.41 Å². The van der Waals surface area contributed by atoms with E-state index in [-0.39, 0.29) is 5.41 Å². The van der Waals surface area contributed by atoms with Crippen LogP contribution < -0.4 is 0 Å². The van der Waals surface area contributed by atoms with E-state index in [0.29, 0.717) is 5.92 Å². The van der Waals surface area contributed by atoms with Gasteiger partial charge in [-0.25, -0.2) is 0 Å². The van der Waals surface area contributed by atoms with E-state index in [4.69, 9.17) is 0 Å². The summed E-state index contributed by atoms with van der Waals surface area (Å²) in [5.74, 6) is 0.710. The lowest BCUT2D eigenvalue weighted by molar-refractivity contribution is 0.564. The average Bonchev–Trinajstić information content (AvgIpc) is 2.85. The summed E-state index contributed by atoms with van der Waals surface area (Å²) in [4.78, 5) is 8.89. The Morgan fingerprint density at radius 3 is 2.23 bits per heavy atom. The quantitative estimate of drug-likeness (QED) is 0.657. The molecule has 0 bridgehead atoms. The lowest BCUT2D eigenvalue weighted by Crippen LogP contribution is -2.14. The molecule has 0 spiro atoms. The van der Waals surface area contributed by atoms with Gasteiger partial charge in [0.1, 0.15) is 0 Å². The van der Waals surface area contributed by atoms with Gasteiger partial charge in [-0.3, -0.25) is 9.97 Å². The van der Waals surface area contributed by atoms with Crippen LogP contribution in [0.1, 0.15) is 50.9 Å². The highest BCUT2D eigenvalue weighted by atomic mass is 14.8. The highest BCUT2D eigenvalue weighted by Gasteiger charge is 2.25. The number of hydrogen-bond acceptors (Lipinski definition) is 2. The van der Waals surface area contributed by atoms with Crippen molar-refractivity contribution in [2.75, 3.05) is 0 Å². The molecule has 1 aliphatic carbocycles. The second-order valence-corrected chi connectivity index (χ2v) is 4.85. The predicted octanol–water partition coefficient (Wildman–Crippen LogP) is 2.65. The van der Waals surface area contributed by atoms with Crippen molar-refractivity contribution in [2.24, 2.45) is 0 Å². The summed E-state index contributed by atoms with van der Waals surface area (Å²) in [5.41, 5.74) is 2.37. The highest BCUT2D eigenvalue weighted by Crippen LogP contribution is 2.38. The Labute approximate surface area is 79.4 Å². The topological polar surface area (TPSA) is 25.8 Å². The maximum absolute atomic E-state index is 4.45. The Kier molecular flexibility index (Phi) is 1.86. The van der Waals surface area contributed by atoms with E-state index in [0.717, 1.165) is 5.69 Å². The molecule has 1 aromatic heterocycles. The Morgan fingerprint density at radius 2 is 1.85 bits per heavy atom. The molecule has 0 N–H and O–H groups in total. The van der Waals surface area contributed by atoms with Gasteiger partial charge in [-0.15, -0.1) is 0 Å². The van der Waals surface area contributed by atoms with Crippen LogP contribution in [0.3, 0.4) is 0 Å². The maximum atomic E-state index is 4.45. The fourth-order valence-electron chi connectivity index (χ4n) is 1.32. The van der Waals surface area contributed by atoms with Crippen LogP contribution in [0.25, 0.3) is 0 Å². The van der Waals surface area contributed by atoms with Gasteiger partial charge < -0.3 is 0 Å². The minimum Gasteiger partial charge on any atom is -0.257 e. The van der Waals surface area contributed by atoms with Crippen LogP contribution in [0.15, 0.2) is 12.4 Å². The van der Waals surface area contributed by atoms with Crippen molar-refractivity contribution in [1.29, 1.82) is 0 Å². The molecule has 1 saturated carbocycles.